The number of benzene rings is 1. The summed E-state index contributed by atoms with van der Waals surface area (Å²) in [5.74, 6) is -2.63. The van der Waals surface area contributed by atoms with Gasteiger partial charge < -0.3 is 5.32 Å². The summed E-state index contributed by atoms with van der Waals surface area (Å²) in [6, 6.07) is 6.70. The predicted molar refractivity (Wildman–Crippen MR) is 60.9 cm³/mol. The Bertz CT molecular complexity index is 339. The molecule has 1 saturated heterocycles. The highest BCUT2D eigenvalue weighted by atomic mass is 19.3. The molecule has 1 aromatic carbocycles. The van der Waals surface area contributed by atoms with Crippen LogP contribution in [0.1, 0.15) is 24.0 Å². The van der Waals surface area contributed by atoms with Crippen molar-refractivity contribution in [2.24, 2.45) is 0 Å². The summed E-state index contributed by atoms with van der Waals surface area (Å²) < 4.78 is 27.7. The molecule has 1 N–H and O–H groups in total. The van der Waals surface area contributed by atoms with Crippen molar-refractivity contribution in [3.05, 3.63) is 35.4 Å². The minimum atomic E-state index is -2.63. The minimum absolute atomic E-state index is 0.162. The summed E-state index contributed by atoms with van der Waals surface area (Å²) in [5.41, 5.74) is 1.82. The van der Waals surface area contributed by atoms with E-state index in [1.807, 2.05) is 19.1 Å². The molecule has 1 atom stereocenters. The average Bonchev–Trinajstić information content (AvgIpc) is 2.75. The Hall–Kier alpha value is -0.960. The summed E-state index contributed by atoms with van der Waals surface area (Å²) in [4.78, 5) is 0. The maximum absolute atomic E-state index is 13.9. The fourth-order valence-corrected chi connectivity index (χ4v) is 2.15. The Morgan fingerprint density at radius 3 is 2.56 bits per heavy atom. The number of nitrogens with one attached hydrogen (secondary N) is 1. The summed E-state index contributed by atoms with van der Waals surface area (Å²) in [5, 5.41) is 2.88. The van der Waals surface area contributed by atoms with Crippen LogP contribution in [0.25, 0.3) is 0 Å². The maximum atomic E-state index is 13.9. The van der Waals surface area contributed by atoms with Gasteiger partial charge in [0.05, 0.1) is 6.04 Å². The van der Waals surface area contributed by atoms with Gasteiger partial charge in [0.25, 0.3) is 5.92 Å². The molecular formula is C13H17F2N. The van der Waals surface area contributed by atoms with Crippen LogP contribution in [0.3, 0.4) is 0 Å². The quantitative estimate of drug-likeness (QED) is 0.834. The molecule has 0 radical (unpaired) electrons. The van der Waals surface area contributed by atoms with E-state index in [1.54, 1.807) is 12.1 Å². The molecule has 1 aliphatic heterocycles. The molecule has 0 spiro atoms. The first-order valence-electron chi connectivity index (χ1n) is 5.75. The van der Waals surface area contributed by atoms with Crippen molar-refractivity contribution in [3.63, 3.8) is 0 Å². The Balaban J connectivity index is 2.04. The third-order valence-corrected chi connectivity index (χ3v) is 3.13. The lowest BCUT2D eigenvalue weighted by Crippen LogP contribution is -2.42. The van der Waals surface area contributed by atoms with Crippen LogP contribution in [0.15, 0.2) is 24.3 Å². The van der Waals surface area contributed by atoms with E-state index < -0.39 is 12.0 Å². The van der Waals surface area contributed by atoms with Gasteiger partial charge in [-0.15, -0.1) is 0 Å². The zero-order valence-corrected chi connectivity index (χ0v) is 9.47. The Labute approximate surface area is 94.9 Å². The maximum Gasteiger partial charge on any atom is 0.267 e. The fourth-order valence-electron chi connectivity index (χ4n) is 2.15. The van der Waals surface area contributed by atoms with Crippen LogP contribution in [0.5, 0.6) is 0 Å². The van der Waals surface area contributed by atoms with E-state index in [4.69, 9.17) is 0 Å². The highest BCUT2D eigenvalue weighted by Gasteiger charge is 2.40. The van der Waals surface area contributed by atoms with Gasteiger partial charge in [-0.1, -0.05) is 29.8 Å². The first-order valence-corrected chi connectivity index (χ1v) is 5.75. The van der Waals surface area contributed by atoms with Crippen LogP contribution in [0.4, 0.5) is 8.78 Å². The summed E-state index contributed by atoms with van der Waals surface area (Å²) in [6.07, 6.45) is 1.28. The van der Waals surface area contributed by atoms with Gasteiger partial charge in [-0.2, -0.15) is 0 Å². The highest BCUT2D eigenvalue weighted by molar-refractivity contribution is 5.22. The van der Waals surface area contributed by atoms with E-state index >= 15 is 0 Å². The minimum Gasteiger partial charge on any atom is -0.309 e. The van der Waals surface area contributed by atoms with Crippen molar-refractivity contribution in [2.75, 3.05) is 6.54 Å². The monoisotopic (exact) mass is 225 g/mol. The van der Waals surface area contributed by atoms with E-state index in [-0.39, 0.29) is 6.42 Å². The van der Waals surface area contributed by atoms with Crippen molar-refractivity contribution < 1.29 is 8.78 Å². The number of aryl methyl sites for hydroxylation is 1. The van der Waals surface area contributed by atoms with Gasteiger partial charge in [-0.25, -0.2) is 8.78 Å². The normalized spacial score (nSPS) is 21.3. The van der Waals surface area contributed by atoms with E-state index in [0.717, 1.165) is 12.0 Å². The second kappa shape index (κ2) is 4.50. The Kier molecular flexibility index (Phi) is 3.24. The van der Waals surface area contributed by atoms with Crippen LogP contribution < -0.4 is 5.32 Å². The number of halogens is 2. The molecule has 88 valence electrons. The second-order valence-electron chi connectivity index (χ2n) is 4.57. The van der Waals surface area contributed by atoms with Crippen LogP contribution >= 0.6 is 0 Å². The molecule has 1 heterocycles. The SMILES string of the molecule is Cc1ccc(CC(F)(F)C2CCCN2)cc1. The topological polar surface area (TPSA) is 12.0 Å². The van der Waals surface area contributed by atoms with Gasteiger partial charge in [-0.05, 0) is 31.9 Å². The standard InChI is InChI=1S/C13H17F2N/c1-10-4-6-11(7-5-10)9-13(14,15)12-3-2-8-16-12/h4-7,12,16H,2-3,8-9H2,1H3. The molecule has 16 heavy (non-hydrogen) atoms. The van der Waals surface area contributed by atoms with E-state index in [2.05, 4.69) is 5.32 Å². The van der Waals surface area contributed by atoms with Crippen molar-refractivity contribution in [1.82, 2.24) is 5.32 Å². The van der Waals surface area contributed by atoms with Gasteiger partial charge in [0.2, 0.25) is 0 Å². The molecule has 1 aliphatic rings. The lowest BCUT2D eigenvalue weighted by Gasteiger charge is -2.23. The van der Waals surface area contributed by atoms with Gasteiger partial charge >= 0.3 is 0 Å². The molecule has 0 amide bonds. The summed E-state index contributed by atoms with van der Waals surface area (Å²) >= 11 is 0. The molecule has 1 fully saturated rings. The van der Waals surface area contributed by atoms with Crippen molar-refractivity contribution in [1.29, 1.82) is 0 Å². The third kappa shape index (κ3) is 2.59. The molecule has 1 nitrogen and oxygen atoms in total. The number of rotatable bonds is 3. The fraction of sp³-hybridized carbons (Fsp3) is 0.538. The summed E-state index contributed by atoms with van der Waals surface area (Å²) in [6.45, 7) is 2.68. The molecule has 1 aromatic rings. The molecule has 0 aromatic heterocycles. The number of hydrogen-bond donors (Lipinski definition) is 1. The highest BCUT2D eigenvalue weighted by Crippen LogP contribution is 2.29. The van der Waals surface area contributed by atoms with Gasteiger partial charge in [-0.3, -0.25) is 0 Å². The molecule has 1 unspecified atom stereocenters. The van der Waals surface area contributed by atoms with Gasteiger partial charge in [0.1, 0.15) is 0 Å². The smallest absolute Gasteiger partial charge is 0.267 e. The third-order valence-electron chi connectivity index (χ3n) is 3.13. The van der Waals surface area contributed by atoms with Crippen molar-refractivity contribution in [2.45, 2.75) is 38.2 Å². The van der Waals surface area contributed by atoms with Gasteiger partial charge in [0, 0.05) is 6.42 Å². The first kappa shape index (κ1) is 11.5. The van der Waals surface area contributed by atoms with E-state index in [0.29, 0.717) is 18.5 Å². The van der Waals surface area contributed by atoms with Crippen LogP contribution in [-0.2, 0) is 6.42 Å². The average molecular weight is 225 g/mol. The van der Waals surface area contributed by atoms with Gasteiger partial charge in [0.15, 0.2) is 0 Å². The zero-order valence-electron chi connectivity index (χ0n) is 9.47. The molecular weight excluding hydrogens is 208 g/mol. The Morgan fingerprint density at radius 1 is 1.31 bits per heavy atom. The molecule has 0 saturated carbocycles. The lowest BCUT2D eigenvalue weighted by molar-refractivity contribution is -0.0307. The van der Waals surface area contributed by atoms with Crippen molar-refractivity contribution >= 4 is 0 Å². The van der Waals surface area contributed by atoms with E-state index in [9.17, 15) is 8.78 Å². The molecule has 3 heteroatoms. The van der Waals surface area contributed by atoms with E-state index in [1.165, 1.54) is 0 Å². The lowest BCUT2D eigenvalue weighted by atomic mass is 9.99. The summed E-state index contributed by atoms with van der Waals surface area (Å²) in [7, 11) is 0. The largest absolute Gasteiger partial charge is 0.309 e. The Morgan fingerprint density at radius 2 is 2.00 bits per heavy atom. The van der Waals surface area contributed by atoms with Crippen molar-refractivity contribution in [3.8, 4) is 0 Å². The molecule has 0 bridgehead atoms. The number of hydrogen-bond acceptors (Lipinski definition) is 1. The van der Waals surface area contributed by atoms with Crippen LogP contribution in [0, 0.1) is 6.92 Å². The zero-order chi connectivity index (χ0) is 11.6. The molecule has 0 aliphatic carbocycles. The number of alkyl halides is 2. The molecule has 2 rings (SSSR count). The van der Waals surface area contributed by atoms with Crippen LogP contribution in [-0.4, -0.2) is 18.5 Å². The first-order chi connectivity index (χ1) is 7.58. The second-order valence-corrected chi connectivity index (χ2v) is 4.57. The predicted octanol–water partition coefficient (Wildman–Crippen LogP) is 2.92. The van der Waals surface area contributed by atoms with Crippen LogP contribution in [0.2, 0.25) is 0 Å².